The molecule has 18 heavy (non-hydrogen) atoms. The van der Waals surface area contributed by atoms with Gasteiger partial charge in [-0.2, -0.15) is 0 Å². The van der Waals surface area contributed by atoms with Crippen molar-refractivity contribution in [2.75, 3.05) is 7.05 Å². The van der Waals surface area contributed by atoms with Gasteiger partial charge in [-0.1, -0.05) is 18.2 Å². The summed E-state index contributed by atoms with van der Waals surface area (Å²) in [6.45, 7) is 0. The van der Waals surface area contributed by atoms with Crippen LogP contribution in [0.5, 0.6) is 0 Å². The summed E-state index contributed by atoms with van der Waals surface area (Å²) in [6, 6.07) is 10.8. The lowest BCUT2D eigenvalue weighted by molar-refractivity contribution is 0.566. The summed E-state index contributed by atoms with van der Waals surface area (Å²) >= 11 is 0. The van der Waals surface area contributed by atoms with Crippen molar-refractivity contribution in [1.29, 1.82) is 0 Å². The highest BCUT2D eigenvalue weighted by molar-refractivity contribution is 5.85. The zero-order valence-corrected chi connectivity index (χ0v) is 10.8. The second-order valence-electron chi connectivity index (χ2n) is 5.02. The average molecular weight is 238 g/mol. The molecule has 1 aliphatic rings. The van der Waals surface area contributed by atoms with Gasteiger partial charge in [0.05, 0.1) is 5.52 Å². The fraction of sp³-hybridized carbons (Fsp3) is 0.375. The summed E-state index contributed by atoms with van der Waals surface area (Å²) in [5, 5.41) is 1.23. The van der Waals surface area contributed by atoms with Gasteiger partial charge in [-0.3, -0.25) is 9.98 Å². The van der Waals surface area contributed by atoms with Crippen LogP contribution in [0.15, 0.2) is 41.5 Å². The van der Waals surface area contributed by atoms with Crippen molar-refractivity contribution in [2.45, 2.75) is 31.6 Å². The first-order valence-corrected chi connectivity index (χ1v) is 6.66. The van der Waals surface area contributed by atoms with Crippen LogP contribution in [0, 0.1) is 0 Å². The minimum atomic E-state index is 0.682. The summed E-state index contributed by atoms with van der Waals surface area (Å²) in [5.74, 6) is 0.682. The quantitative estimate of drug-likeness (QED) is 0.738. The molecule has 2 nitrogen and oxygen atoms in total. The molecule has 0 N–H and O–H groups in total. The molecule has 0 aliphatic heterocycles. The molecule has 0 saturated heterocycles. The highest BCUT2D eigenvalue weighted by atomic mass is 14.7. The normalized spacial score (nSPS) is 20.1. The second kappa shape index (κ2) is 4.89. The Morgan fingerprint density at radius 2 is 2.00 bits per heavy atom. The van der Waals surface area contributed by atoms with Gasteiger partial charge in [0.2, 0.25) is 0 Å². The smallest absolute Gasteiger partial charge is 0.0704 e. The summed E-state index contributed by atoms with van der Waals surface area (Å²) in [4.78, 5) is 8.77. The Hall–Kier alpha value is -1.70. The van der Waals surface area contributed by atoms with Crippen molar-refractivity contribution in [3.63, 3.8) is 0 Å². The molecule has 1 aliphatic carbocycles. The van der Waals surface area contributed by atoms with E-state index in [1.165, 1.54) is 29.5 Å². The third kappa shape index (κ3) is 2.15. The van der Waals surface area contributed by atoms with Crippen molar-refractivity contribution in [2.24, 2.45) is 4.99 Å². The first kappa shape index (κ1) is 11.4. The van der Waals surface area contributed by atoms with Gasteiger partial charge in [0.15, 0.2) is 0 Å². The highest BCUT2D eigenvalue weighted by Gasteiger charge is 2.18. The fourth-order valence-corrected chi connectivity index (χ4v) is 2.85. The molecule has 1 aromatic carbocycles. The summed E-state index contributed by atoms with van der Waals surface area (Å²) in [5.41, 5.74) is 3.94. The van der Waals surface area contributed by atoms with Crippen LogP contribution in [0.3, 0.4) is 0 Å². The van der Waals surface area contributed by atoms with Gasteiger partial charge < -0.3 is 0 Å². The van der Waals surface area contributed by atoms with Gasteiger partial charge in [0, 0.05) is 24.3 Å². The van der Waals surface area contributed by atoms with Gasteiger partial charge in [0.25, 0.3) is 0 Å². The molecule has 0 unspecified atom stereocenters. The second-order valence-corrected chi connectivity index (χ2v) is 5.02. The Labute approximate surface area is 108 Å². The number of fused-ring (bicyclic) bond motifs is 1. The number of rotatable bonds is 1. The van der Waals surface area contributed by atoms with Crippen LogP contribution >= 0.6 is 0 Å². The van der Waals surface area contributed by atoms with E-state index in [1.807, 2.05) is 19.3 Å². The van der Waals surface area contributed by atoms with Gasteiger partial charge in [0.1, 0.15) is 0 Å². The van der Waals surface area contributed by atoms with Crippen LogP contribution in [0.25, 0.3) is 10.9 Å². The first-order valence-electron chi connectivity index (χ1n) is 6.66. The van der Waals surface area contributed by atoms with Crippen LogP contribution in [0.4, 0.5) is 0 Å². The molecule has 1 saturated carbocycles. The molecule has 1 aromatic heterocycles. The van der Waals surface area contributed by atoms with Crippen molar-refractivity contribution in [3.05, 3.63) is 42.1 Å². The predicted molar refractivity (Wildman–Crippen MR) is 76.3 cm³/mol. The number of nitrogens with zero attached hydrogens (tertiary/aromatic N) is 2. The maximum Gasteiger partial charge on any atom is 0.0704 e. The maximum atomic E-state index is 4.44. The lowest BCUT2D eigenvalue weighted by atomic mass is 9.83. The van der Waals surface area contributed by atoms with E-state index in [0.717, 1.165) is 18.4 Å². The number of hydrogen-bond donors (Lipinski definition) is 0. The molecular formula is C16H18N2. The number of hydrogen-bond acceptors (Lipinski definition) is 2. The Morgan fingerprint density at radius 1 is 1.17 bits per heavy atom. The topological polar surface area (TPSA) is 25.2 Å². The molecule has 2 aromatic rings. The van der Waals surface area contributed by atoms with Gasteiger partial charge in [-0.15, -0.1) is 0 Å². The van der Waals surface area contributed by atoms with E-state index in [2.05, 4.69) is 34.2 Å². The summed E-state index contributed by atoms with van der Waals surface area (Å²) in [7, 11) is 1.91. The standard InChI is InChI=1S/C16H18N2/c1-17-15-8-6-12(7-9-15)14-5-4-13-3-2-10-18-16(13)11-14/h2-5,10-12H,6-9H2,1H3. The van der Waals surface area contributed by atoms with Gasteiger partial charge >= 0.3 is 0 Å². The third-order valence-corrected chi connectivity index (χ3v) is 3.98. The Morgan fingerprint density at radius 3 is 2.78 bits per heavy atom. The molecule has 0 atom stereocenters. The molecule has 0 bridgehead atoms. The van der Waals surface area contributed by atoms with Crippen LogP contribution in [0.2, 0.25) is 0 Å². The van der Waals surface area contributed by atoms with Crippen molar-refractivity contribution < 1.29 is 0 Å². The van der Waals surface area contributed by atoms with E-state index in [4.69, 9.17) is 0 Å². The Balaban J connectivity index is 1.86. The Kier molecular flexibility index (Phi) is 3.09. The molecule has 0 amide bonds. The monoisotopic (exact) mass is 238 g/mol. The van der Waals surface area contributed by atoms with E-state index in [-0.39, 0.29) is 0 Å². The number of aromatic nitrogens is 1. The van der Waals surface area contributed by atoms with Crippen molar-refractivity contribution >= 4 is 16.6 Å². The maximum absolute atomic E-state index is 4.44. The zero-order valence-electron chi connectivity index (χ0n) is 10.8. The molecule has 1 heterocycles. The van der Waals surface area contributed by atoms with Crippen molar-refractivity contribution in [3.8, 4) is 0 Å². The van der Waals surface area contributed by atoms with E-state index >= 15 is 0 Å². The molecule has 1 fully saturated rings. The number of aliphatic imine (C=N–C) groups is 1. The van der Waals surface area contributed by atoms with Crippen LogP contribution in [-0.2, 0) is 0 Å². The Bertz CT molecular complexity index is 576. The summed E-state index contributed by atoms with van der Waals surface area (Å²) in [6.07, 6.45) is 6.63. The SMILES string of the molecule is CN=C1CCC(c2ccc3cccnc3c2)CC1. The lowest BCUT2D eigenvalue weighted by Gasteiger charge is -2.23. The van der Waals surface area contributed by atoms with Crippen LogP contribution in [0.1, 0.15) is 37.2 Å². The van der Waals surface area contributed by atoms with E-state index in [1.54, 1.807) is 0 Å². The minimum Gasteiger partial charge on any atom is -0.297 e. The fourth-order valence-electron chi connectivity index (χ4n) is 2.85. The van der Waals surface area contributed by atoms with E-state index in [0.29, 0.717) is 5.92 Å². The van der Waals surface area contributed by atoms with Gasteiger partial charge in [-0.05, 0) is 49.3 Å². The molecule has 0 spiro atoms. The van der Waals surface area contributed by atoms with E-state index < -0.39 is 0 Å². The molecule has 92 valence electrons. The molecular weight excluding hydrogens is 220 g/mol. The minimum absolute atomic E-state index is 0.682. The zero-order chi connectivity index (χ0) is 12.4. The van der Waals surface area contributed by atoms with Crippen LogP contribution in [-0.4, -0.2) is 17.7 Å². The largest absolute Gasteiger partial charge is 0.297 e. The molecule has 0 radical (unpaired) electrons. The number of pyridine rings is 1. The third-order valence-electron chi connectivity index (χ3n) is 3.98. The predicted octanol–water partition coefficient (Wildman–Crippen LogP) is 3.96. The highest BCUT2D eigenvalue weighted by Crippen LogP contribution is 2.32. The lowest BCUT2D eigenvalue weighted by Crippen LogP contribution is -2.12. The molecule has 3 rings (SSSR count). The van der Waals surface area contributed by atoms with E-state index in [9.17, 15) is 0 Å². The first-order chi connectivity index (χ1) is 8.86. The summed E-state index contributed by atoms with van der Waals surface area (Å²) < 4.78 is 0. The van der Waals surface area contributed by atoms with Crippen molar-refractivity contribution in [1.82, 2.24) is 4.98 Å². The number of benzene rings is 1. The molecule has 2 heteroatoms. The average Bonchev–Trinajstić information content (AvgIpc) is 2.47. The van der Waals surface area contributed by atoms with Crippen LogP contribution < -0.4 is 0 Å². The van der Waals surface area contributed by atoms with Gasteiger partial charge in [-0.25, -0.2) is 0 Å².